The standard InChI is InChI=1S/C29H28N2O3/c1-4-5-16-34-29(33)21-11-13-22(14-12-21)30-28(32)25-18-27(23-15-10-19(2)17-20(23)3)31-26-9-7-6-8-24(25)26/h6-15,17-18H,4-5,16H2,1-3H3,(H,30,32). The number of ether oxygens (including phenoxy) is 1. The predicted molar refractivity (Wildman–Crippen MR) is 136 cm³/mol. The van der Waals surface area contributed by atoms with Crippen LogP contribution in [0.15, 0.2) is 72.8 Å². The molecular weight excluding hydrogens is 424 g/mol. The highest BCUT2D eigenvalue weighted by Crippen LogP contribution is 2.28. The van der Waals surface area contributed by atoms with Crippen molar-refractivity contribution < 1.29 is 14.3 Å². The van der Waals surface area contributed by atoms with Gasteiger partial charge in [0.25, 0.3) is 5.91 Å². The molecular formula is C29H28N2O3. The highest BCUT2D eigenvalue weighted by Gasteiger charge is 2.16. The third-order valence-corrected chi connectivity index (χ3v) is 5.73. The number of para-hydroxylation sites is 1. The Bertz CT molecular complexity index is 1340. The number of nitrogens with one attached hydrogen (secondary N) is 1. The number of aryl methyl sites for hydroxylation is 2. The van der Waals surface area contributed by atoms with E-state index in [0.717, 1.165) is 40.6 Å². The van der Waals surface area contributed by atoms with E-state index in [0.29, 0.717) is 23.4 Å². The molecule has 5 heteroatoms. The molecule has 0 radical (unpaired) electrons. The van der Waals surface area contributed by atoms with E-state index < -0.39 is 0 Å². The van der Waals surface area contributed by atoms with Crippen LogP contribution in [0.25, 0.3) is 22.2 Å². The second-order valence-electron chi connectivity index (χ2n) is 8.41. The highest BCUT2D eigenvalue weighted by molar-refractivity contribution is 6.13. The maximum absolute atomic E-state index is 13.3. The largest absolute Gasteiger partial charge is 0.462 e. The summed E-state index contributed by atoms with van der Waals surface area (Å²) < 4.78 is 5.25. The number of amides is 1. The molecule has 0 aliphatic carbocycles. The Labute approximate surface area is 199 Å². The number of benzene rings is 3. The second kappa shape index (κ2) is 10.3. The molecule has 1 heterocycles. The van der Waals surface area contributed by atoms with Crippen LogP contribution < -0.4 is 5.32 Å². The Balaban J connectivity index is 1.61. The molecule has 4 aromatic rings. The van der Waals surface area contributed by atoms with E-state index in [1.165, 1.54) is 5.56 Å². The van der Waals surface area contributed by atoms with Crippen LogP contribution in [-0.4, -0.2) is 23.5 Å². The van der Waals surface area contributed by atoms with E-state index >= 15 is 0 Å². The molecule has 1 amide bonds. The molecule has 0 saturated heterocycles. The average molecular weight is 453 g/mol. The normalized spacial score (nSPS) is 10.8. The maximum atomic E-state index is 13.3. The summed E-state index contributed by atoms with van der Waals surface area (Å²) in [6, 6.07) is 22.4. The molecule has 0 spiro atoms. The van der Waals surface area contributed by atoms with Crippen LogP contribution in [0.5, 0.6) is 0 Å². The van der Waals surface area contributed by atoms with Crippen molar-refractivity contribution in [2.45, 2.75) is 33.6 Å². The van der Waals surface area contributed by atoms with Gasteiger partial charge in [-0.25, -0.2) is 9.78 Å². The number of anilines is 1. The third-order valence-electron chi connectivity index (χ3n) is 5.73. The van der Waals surface area contributed by atoms with E-state index in [1.807, 2.05) is 56.3 Å². The first-order valence-corrected chi connectivity index (χ1v) is 11.5. The molecule has 0 saturated carbocycles. The molecule has 0 fully saturated rings. The van der Waals surface area contributed by atoms with Gasteiger partial charge < -0.3 is 10.1 Å². The van der Waals surface area contributed by atoms with Crippen LogP contribution in [-0.2, 0) is 4.74 Å². The van der Waals surface area contributed by atoms with Crippen molar-refractivity contribution in [1.29, 1.82) is 0 Å². The number of unbranched alkanes of at least 4 members (excludes halogenated alkanes) is 1. The first kappa shape index (κ1) is 23.2. The van der Waals surface area contributed by atoms with E-state index in [1.54, 1.807) is 24.3 Å². The Morgan fingerprint density at radius 3 is 2.44 bits per heavy atom. The van der Waals surface area contributed by atoms with Crippen molar-refractivity contribution in [2.24, 2.45) is 0 Å². The van der Waals surface area contributed by atoms with Crippen molar-refractivity contribution in [3.05, 3.63) is 95.1 Å². The number of nitrogens with zero attached hydrogens (tertiary/aromatic N) is 1. The first-order chi connectivity index (χ1) is 16.5. The van der Waals surface area contributed by atoms with Gasteiger partial charge >= 0.3 is 5.97 Å². The predicted octanol–water partition coefficient (Wildman–Crippen LogP) is 6.73. The lowest BCUT2D eigenvalue weighted by atomic mass is 9.99. The average Bonchev–Trinajstić information content (AvgIpc) is 2.84. The number of carbonyl (C=O) groups is 2. The van der Waals surface area contributed by atoms with Gasteiger partial charge in [0.2, 0.25) is 0 Å². The minimum Gasteiger partial charge on any atom is -0.462 e. The second-order valence-corrected chi connectivity index (χ2v) is 8.41. The van der Waals surface area contributed by atoms with Gasteiger partial charge in [-0.05, 0) is 62.2 Å². The zero-order valence-electron chi connectivity index (χ0n) is 19.7. The summed E-state index contributed by atoms with van der Waals surface area (Å²) in [7, 11) is 0. The monoisotopic (exact) mass is 452 g/mol. The van der Waals surface area contributed by atoms with Gasteiger partial charge in [-0.3, -0.25) is 4.79 Å². The Morgan fingerprint density at radius 2 is 1.71 bits per heavy atom. The van der Waals surface area contributed by atoms with Gasteiger partial charge in [0.05, 0.1) is 28.9 Å². The number of esters is 1. The summed E-state index contributed by atoms with van der Waals surface area (Å²) in [5.74, 6) is -0.590. The number of hydrogen-bond acceptors (Lipinski definition) is 4. The zero-order chi connectivity index (χ0) is 24.1. The lowest BCUT2D eigenvalue weighted by Gasteiger charge is -2.12. The van der Waals surface area contributed by atoms with Crippen LogP contribution >= 0.6 is 0 Å². The summed E-state index contributed by atoms with van der Waals surface area (Å²) in [6.07, 6.45) is 1.80. The molecule has 0 bridgehead atoms. The molecule has 5 nitrogen and oxygen atoms in total. The van der Waals surface area contributed by atoms with E-state index in [2.05, 4.69) is 18.3 Å². The summed E-state index contributed by atoms with van der Waals surface area (Å²) >= 11 is 0. The molecule has 1 aromatic heterocycles. The Morgan fingerprint density at radius 1 is 0.941 bits per heavy atom. The van der Waals surface area contributed by atoms with Crippen LogP contribution in [0.3, 0.4) is 0 Å². The molecule has 0 aliphatic rings. The first-order valence-electron chi connectivity index (χ1n) is 11.5. The zero-order valence-corrected chi connectivity index (χ0v) is 19.7. The van der Waals surface area contributed by atoms with Crippen molar-refractivity contribution in [2.75, 3.05) is 11.9 Å². The van der Waals surface area contributed by atoms with E-state index in [9.17, 15) is 9.59 Å². The van der Waals surface area contributed by atoms with Crippen LogP contribution in [0.4, 0.5) is 5.69 Å². The Kier molecular flexibility index (Phi) is 7.02. The summed E-state index contributed by atoms with van der Waals surface area (Å²) in [5.41, 5.74) is 6.40. The molecule has 0 unspecified atom stereocenters. The van der Waals surface area contributed by atoms with Gasteiger partial charge in [0.15, 0.2) is 0 Å². The lowest BCUT2D eigenvalue weighted by molar-refractivity contribution is 0.0499. The molecule has 1 N–H and O–H groups in total. The fraction of sp³-hybridized carbons (Fsp3) is 0.207. The topological polar surface area (TPSA) is 68.3 Å². The number of carbonyl (C=O) groups excluding carboxylic acids is 2. The van der Waals surface area contributed by atoms with E-state index in [4.69, 9.17) is 9.72 Å². The fourth-order valence-corrected chi connectivity index (χ4v) is 3.88. The molecule has 0 aliphatic heterocycles. The van der Waals surface area contributed by atoms with Crippen LogP contribution in [0, 0.1) is 13.8 Å². The molecule has 4 rings (SSSR count). The number of hydrogen-bond donors (Lipinski definition) is 1. The molecule has 172 valence electrons. The molecule has 34 heavy (non-hydrogen) atoms. The van der Waals surface area contributed by atoms with E-state index in [-0.39, 0.29) is 11.9 Å². The summed E-state index contributed by atoms with van der Waals surface area (Å²) in [6.45, 7) is 6.56. The fourth-order valence-electron chi connectivity index (χ4n) is 3.88. The highest BCUT2D eigenvalue weighted by atomic mass is 16.5. The van der Waals surface area contributed by atoms with Crippen molar-refractivity contribution in [3.8, 4) is 11.3 Å². The van der Waals surface area contributed by atoms with Crippen molar-refractivity contribution in [1.82, 2.24) is 4.98 Å². The third kappa shape index (κ3) is 5.15. The van der Waals surface area contributed by atoms with Gasteiger partial charge in [-0.2, -0.15) is 0 Å². The minimum atomic E-state index is -0.357. The summed E-state index contributed by atoms with van der Waals surface area (Å²) in [5, 5.41) is 3.73. The minimum absolute atomic E-state index is 0.233. The maximum Gasteiger partial charge on any atom is 0.338 e. The lowest BCUT2D eigenvalue weighted by Crippen LogP contribution is -2.13. The number of aromatic nitrogens is 1. The number of pyridine rings is 1. The molecule has 0 atom stereocenters. The van der Waals surface area contributed by atoms with Crippen LogP contribution in [0.2, 0.25) is 0 Å². The number of fused-ring (bicyclic) bond motifs is 1. The quantitative estimate of drug-likeness (QED) is 0.249. The SMILES string of the molecule is CCCCOC(=O)c1ccc(NC(=O)c2cc(-c3ccc(C)cc3C)nc3ccccc23)cc1. The van der Waals surface area contributed by atoms with Crippen molar-refractivity contribution >= 4 is 28.5 Å². The van der Waals surface area contributed by atoms with Crippen LogP contribution in [0.1, 0.15) is 51.6 Å². The van der Waals surface area contributed by atoms with Gasteiger partial charge in [0, 0.05) is 16.6 Å². The van der Waals surface area contributed by atoms with Gasteiger partial charge in [0.1, 0.15) is 0 Å². The van der Waals surface area contributed by atoms with Gasteiger partial charge in [-0.1, -0.05) is 55.3 Å². The Hall–Kier alpha value is -3.99. The summed E-state index contributed by atoms with van der Waals surface area (Å²) in [4.78, 5) is 30.3. The smallest absolute Gasteiger partial charge is 0.338 e. The number of rotatable bonds is 7. The van der Waals surface area contributed by atoms with Crippen molar-refractivity contribution in [3.63, 3.8) is 0 Å². The van der Waals surface area contributed by atoms with Gasteiger partial charge in [-0.15, -0.1) is 0 Å². The molecule has 3 aromatic carbocycles.